The predicted octanol–water partition coefficient (Wildman–Crippen LogP) is -0.108. The van der Waals surface area contributed by atoms with Crippen LogP contribution in [0.2, 0.25) is 0 Å². The maximum absolute atomic E-state index is 11.7. The minimum Gasteiger partial charge on any atom is -0.353 e. The van der Waals surface area contributed by atoms with Crippen LogP contribution in [0.3, 0.4) is 0 Å². The Bertz CT molecular complexity index is 313. The van der Waals surface area contributed by atoms with Crippen LogP contribution in [0.5, 0.6) is 0 Å². The van der Waals surface area contributed by atoms with Crippen LogP contribution >= 0.6 is 0 Å². The second-order valence-corrected chi connectivity index (χ2v) is 3.61. The third-order valence-corrected chi connectivity index (χ3v) is 2.39. The molecule has 0 bridgehead atoms. The van der Waals surface area contributed by atoms with Gasteiger partial charge in [0.1, 0.15) is 0 Å². The van der Waals surface area contributed by atoms with E-state index >= 15 is 0 Å². The molecule has 1 aromatic rings. The molecule has 1 amide bonds. The zero-order valence-corrected chi connectivity index (χ0v) is 9.57. The third-order valence-electron chi connectivity index (χ3n) is 2.39. The van der Waals surface area contributed by atoms with E-state index in [9.17, 15) is 4.79 Å². The van der Waals surface area contributed by atoms with Crippen molar-refractivity contribution in [2.24, 2.45) is 5.73 Å². The summed E-state index contributed by atoms with van der Waals surface area (Å²) in [5.74, 6) is -0.00296. The Hall–Kier alpha value is -1.39. The van der Waals surface area contributed by atoms with Crippen LogP contribution in [-0.4, -0.2) is 32.1 Å². The van der Waals surface area contributed by atoms with Gasteiger partial charge in [0.2, 0.25) is 5.91 Å². The number of likely N-dealkylation sites (N-methyl/N-ethyl adjacent to an activating group) is 1. The van der Waals surface area contributed by atoms with Gasteiger partial charge in [0.05, 0.1) is 6.04 Å². The predicted molar refractivity (Wildman–Crippen MR) is 65.1 cm³/mol. The quantitative estimate of drug-likeness (QED) is 0.628. The number of benzene rings is 1. The van der Waals surface area contributed by atoms with Crippen molar-refractivity contribution in [1.82, 2.24) is 10.6 Å². The van der Waals surface area contributed by atoms with Crippen LogP contribution in [0, 0.1) is 0 Å². The van der Waals surface area contributed by atoms with E-state index in [1.807, 2.05) is 30.3 Å². The number of hydrogen-bond acceptors (Lipinski definition) is 3. The highest BCUT2D eigenvalue weighted by molar-refractivity contribution is 5.82. The molecule has 0 unspecified atom stereocenters. The van der Waals surface area contributed by atoms with Gasteiger partial charge in [-0.25, -0.2) is 0 Å². The average molecular weight is 221 g/mol. The highest BCUT2D eigenvalue weighted by Gasteiger charge is 2.15. The minimum absolute atomic E-state index is 0.00296. The second-order valence-electron chi connectivity index (χ2n) is 3.61. The van der Waals surface area contributed by atoms with Crippen molar-refractivity contribution < 1.29 is 4.79 Å². The Morgan fingerprint density at radius 3 is 2.62 bits per heavy atom. The van der Waals surface area contributed by atoms with Crippen LogP contribution < -0.4 is 16.4 Å². The van der Waals surface area contributed by atoms with Crippen molar-refractivity contribution in [2.45, 2.75) is 12.5 Å². The smallest absolute Gasteiger partial charge is 0.237 e. The summed E-state index contributed by atoms with van der Waals surface area (Å²) in [5, 5.41) is 5.78. The number of nitrogens with one attached hydrogen (secondary N) is 2. The summed E-state index contributed by atoms with van der Waals surface area (Å²) >= 11 is 0. The van der Waals surface area contributed by atoms with Crippen molar-refractivity contribution in [1.29, 1.82) is 0 Å². The molecule has 4 nitrogen and oxygen atoms in total. The molecule has 0 spiro atoms. The Morgan fingerprint density at radius 2 is 2.06 bits per heavy atom. The summed E-state index contributed by atoms with van der Waals surface area (Å²) in [6.07, 6.45) is 0.688. The molecule has 0 aliphatic carbocycles. The van der Waals surface area contributed by atoms with Gasteiger partial charge in [0.15, 0.2) is 0 Å². The summed E-state index contributed by atoms with van der Waals surface area (Å²) in [4.78, 5) is 11.7. The molecule has 0 aromatic heterocycles. The Balaban J connectivity index is 2.52. The lowest BCUT2D eigenvalue weighted by Gasteiger charge is -2.15. The lowest BCUT2D eigenvalue weighted by Crippen LogP contribution is -2.45. The molecule has 0 aliphatic rings. The van der Waals surface area contributed by atoms with E-state index < -0.39 is 0 Å². The molecule has 0 heterocycles. The fraction of sp³-hybridized carbons (Fsp3) is 0.417. The van der Waals surface area contributed by atoms with Crippen molar-refractivity contribution >= 4 is 5.91 Å². The first-order valence-electron chi connectivity index (χ1n) is 5.47. The van der Waals surface area contributed by atoms with Gasteiger partial charge >= 0.3 is 0 Å². The molecule has 1 atom stereocenters. The van der Waals surface area contributed by atoms with E-state index in [1.54, 1.807) is 7.05 Å². The lowest BCUT2D eigenvalue weighted by atomic mass is 10.1. The van der Waals surface area contributed by atoms with Gasteiger partial charge < -0.3 is 16.4 Å². The fourth-order valence-corrected chi connectivity index (χ4v) is 1.49. The van der Waals surface area contributed by atoms with E-state index in [-0.39, 0.29) is 11.9 Å². The molecule has 0 fully saturated rings. The van der Waals surface area contributed by atoms with Crippen molar-refractivity contribution in [3.63, 3.8) is 0 Å². The number of amides is 1. The molecule has 88 valence electrons. The SMILES string of the molecule is CN[C@@H](Cc1ccccc1)C(=O)NCCN. The van der Waals surface area contributed by atoms with Crippen LogP contribution in [0.1, 0.15) is 5.56 Å². The highest BCUT2D eigenvalue weighted by atomic mass is 16.2. The molecule has 4 heteroatoms. The van der Waals surface area contributed by atoms with Crippen LogP contribution in [0.15, 0.2) is 30.3 Å². The lowest BCUT2D eigenvalue weighted by molar-refractivity contribution is -0.122. The van der Waals surface area contributed by atoms with Gasteiger partial charge in [-0.15, -0.1) is 0 Å². The Labute approximate surface area is 96.2 Å². The standard InChI is InChI=1S/C12H19N3O/c1-14-11(12(16)15-8-7-13)9-10-5-3-2-4-6-10/h2-6,11,14H,7-9,13H2,1H3,(H,15,16)/t11-/m0/s1. The van der Waals surface area contributed by atoms with Crippen LogP contribution in [0.25, 0.3) is 0 Å². The first-order chi connectivity index (χ1) is 7.77. The Morgan fingerprint density at radius 1 is 1.38 bits per heavy atom. The van der Waals surface area contributed by atoms with Crippen LogP contribution in [0.4, 0.5) is 0 Å². The monoisotopic (exact) mass is 221 g/mol. The summed E-state index contributed by atoms with van der Waals surface area (Å²) in [5.41, 5.74) is 6.48. The van der Waals surface area contributed by atoms with Gasteiger partial charge in [0, 0.05) is 13.1 Å². The molecular weight excluding hydrogens is 202 g/mol. The normalized spacial score (nSPS) is 12.1. The molecule has 1 rings (SSSR count). The van der Waals surface area contributed by atoms with E-state index in [2.05, 4.69) is 10.6 Å². The van der Waals surface area contributed by atoms with Crippen molar-refractivity contribution in [2.75, 3.05) is 20.1 Å². The van der Waals surface area contributed by atoms with Crippen molar-refractivity contribution in [3.8, 4) is 0 Å². The average Bonchev–Trinajstić information content (AvgIpc) is 2.34. The molecule has 4 N–H and O–H groups in total. The molecule has 1 aromatic carbocycles. The highest BCUT2D eigenvalue weighted by Crippen LogP contribution is 2.02. The number of hydrogen-bond donors (Lipinski definition) is 3. The van der Waals surface area contributed by atoms with E-state index in [4.69, 9.17) is 5.73 Å². The van der Waals surface area contributed by atoms with Gasteiger partial charge in [-0.3, -0.25) is 4.79 Å². The minimum atomic E-state index is -0.200. The maximum Gasteiger partial charge on any atom is 0.237 e. The molecule has 0 saturated carbocycles. The molecular formula is C12H19N3O. The number of nitrogens with two attached hydrogens (primary N) is 1. The van der Waals surface area contributed by atoms with Gasteiger partial charge in [-0.1, -0.05) is 30.3 Å². The zero-order chi connectivity index (χ0) is 11.8. The van der Waals surface area contributed by atoms with Gasteiger partial charge in [-0.05, 0) is 19.0 Å². The zero-order valence-electron chi connectivity index (χ0n) is 9.57. The third kappa shape index (κ3) is 4.00. The first kappa shape index (κ1) is 12.7. The summed E-state index contributed by atoms with van der Waals surface area (Å²) in [6.45, 7) is 0.985. The largest absolute Gasteiger partial charge is 0.353 e. The summed E-state index contributed by atoms with van der Waals surface area (Å²) in [6, 6.07) is 9.74. The molecule has 0 aliphatic heterocycles. The molecule has 0 radical (unpaired) electrons. The maximum atomic E-state index is 11.7. The summed E-state index contributed by atoms with van der Waals surface area (Å²) in [7, 11) is 1.79. The molecule has 0 saturated heterocycles. The molecule has 16 heavy (non-hydrogen) atoms. The number of carbonyl (C=O) groups is 1. The van der Waals surface area contributed by atoms with Gasteiger partial charge in [-0.2, -0.15) is 0 Å². The van der Waals surface area contributed by atoms with E-state index in [0.29, 0.717) is 19.5 Å². The fourth-order valence-electron chi connectivity index (χ4n) is 1.49. The number of rotatable bonds is 6. The van der Waals surface area contributed by atoms with Gasteiger partial charge in [0.25, 0.3) is 0 Å². The second kappa shape index (κ2) is 6.98. The topological polar surface area (TPSA) is 67.2 Å². The summed E-state index contributed by atoms with van der Waals surface area (Å²) < 4.78 is 0. The van der Waals surface area contributed by atoms with Crippen LogP contribution in [-0.2, 0) is 11.2 Å². The van der Waals surface area contributed by atoms with E-state index in [0.717, 1.165) is 5.56 Å². The van der Waals surface area contributed by atoms with E-state index in [1.165, 1.54) is 0 Å². The number of carbonyl (C=O) groups excluding carboxylic acids is 1. The first-order valence-corrected chi connectivity index (χ1v) is 5.47. The van der Waals surface area contributed by atoms with Crippen molar-refractivity contribution in [3.05, 3.63) is 35.9 Å². The Kier molecular flexibility index (Phi) is 5.53.